The fourth-order valence-corrected chi connectivity index (χ4v) is 3.65. The van der Waals surface area contributed by atoms with Crippen molar-refractivity contribution in [2.75, 3.05) is 19.3 Å². The van der Waals surface area contributed by atoms with E-state index in [-0.39, 0.29) is 11.9 Å². The molecule has 2 rings (SSSR count). The van der Waals surface area contributed by atoms with Gasteiger partial charge in [-0.15, -0.1) is 0 Å². The third-order valence-corrected chi connectivity index (χ3v) is 4.69. The minimum Gasteiger partial charge on any atom is -0.361 e. The fourth-order valence-electron chi connectivity index (χ4n) is 2.85. The van der Waals surface area contributed by atoms with Gasteiger partial charge in [0.15, 0.2) is 0 Å². The van der Waals surface area contributed by atoms with Crippen molar-refractivity contribution in [3.8, 4) is 0 Å². The van der Waals surface area contributed by atoms with Gasteiger partial charge in [-0.2, -0.15) is 0 Å². The number of hydrogen-bond acceptors (Lipinski definition) is 5. The van der Waals surface area contributed by atoms with Crippen LogP contribution >= 0.6 is 0 Å². The van der Waals surface area contributed by atoms with E-state index in [4.69, 9.17) is 4.52 Å². The molecule has 22 heavy (non-hydrogen) atoms. The molecule has 0 aliphatic carbocycles. The SMILES string of the molecule is Cc1noc(C)c1CCC(=O)N1CCCC(NS(C)(=O)=O)C1. The summed E-state index contributed by atoms with van der Waals surface area (Å²) >= 11 is 0. The third kappa shape index (κ3) is 4.54. The van der Waals surface area contributed by atoms with Crippen LogP contribution in [0, 0.1) is 13.8 Å². The van der Waals surface area contributed by atoms with Gasteiger partial charge in [0, 0.05) is 31.1 Å². The molecule has 0 spiro atoms. The summed E-state index contributed by atoms with van der Waals surface area (Å²) in [5.41, 5.74) is 1.80. The zero-order valence-corrected chi connectivity index (χ0v) is 14.1. The highest BCUT2D eigenvalue weighted by Crippen LogP contribution is 2.17. The fraction of sp³-hybridized carbons (Fsp3) is 0.714. The van der Waals surface area contributed by atoms with Gasteiger partial charge < -0.3 is 9.42 Å². The molecule has 2 heterocycles. The van der Waals surface area contributed by atoms with Gasteiger partial charge in [-0.25, -0.2) is 13.1 Å². The summed E-state index contributed by atoms with van der Waals surface area (Å²) in [7, 11) is -3.24. The van der Waals surface area contributed by atoms with Crippen molar-refractivity contribution in [2.45, 2.75) is 45.6 Å². The number of rotatable bonds is 5. The van der Waals surface area contributed by atoms with E-state index in [0.717, 1.165) is 36.1 Å². The van der Waals surface area contributed by atoms with Crippen LogP contribution in [0.4, 0.5) is 0 Å². The van der Waals surface area contributed by atoms with E-state index >= 15 is 0 Å². The molecule has 0 bridgehead atoms. The third-order valence-electron chi connectivity index (χ3n) is 3.92. The monoisotopic (exact) mass is 329 g/mol. The number of sulfonamides is 1. The van der Waals surface area contributed by atoms with Crippen molar-refractivity contribution < 1.29 is 17.7 Å². The van der Waals surface area contributed by atoms with Crippen LogP contribution in [0.5, 0.6) is 0 Å². The van der Waals surface area contributed by atoms with Crippen LogP contribution in [0.3, 0.4) is 0 Å². The van der Waals surface area contributed by atoms with Crippen molar-refractivity contribution in [1.82, 2.24) is 14.8 Å². The molecule has 0 saturated carbocycles. The van der Waals surface area contributed by atoms with Gasteiger partial charge in [0.05, 0.1) is 11.9 Å². The number of carbonyl (C=O) groups is 1. The van der Waals surface area contributed by atoms with Crippen molar-refractivity contribution in [2.24, 2.45) is 0 Å². The predicted molar refractivity (Wildman–Crippen MR) is 81.9 cm³/mol. The number of hydrogen-bond donors (Lipinski definition) is 1. The molecule has 1 N–H and O–H groups in total. The van der Waals surface area contributed by atoms with Gasteiger partial charge >= 0.3 is 0 Å². The number of amides is 1. The van der Waals surface area contributed by atoms with Crippen LogP contribution in [0.2, 0.25) is 0 Å². The van der Waals surface area contributed by atoms with Gasteiger partial charge in [0.2, 0.25) is 15.9 Å². The molecule has 1 saturated heterocycles. The number of aromatic nitrogens is 1. The highest BCUT2D eigenvalue weighted by atomic mass is 32.2. The Morgan fingerprint density at radius 1 is 1.45 bits per heavy atom. The number of aryl methyl sites for hydroxylation is 2. The number of nitrogens with zero attached hydrogens (tertiary/aromatic N) is 2. The molecule has 1 aromatic heterocycles. The normalized spacial score (nSPS) is 19.4. The average Bonchev–Trinajstić information content (AvgIpc) is 2.74. The summed E-state index contributed by atoms with van der Waals surface area (Å²) in [5.74, 6) is 0.792. The lowest BCUT2D eigenvalue weighted by Gasteiger charge is -2.32. The van der Waals surface area contributed by atoms with Crippen molar-refractivity contribution >= 4 is 15.9 Å². The summed E-state index contributed by atoms with van der Waals surface area (Å²) in [4.78, 5) is 14.1. The molecule has 124 valence electrons. The van der Waals surface area contributed by atoms with Gasteiger partial charge in [0.1, 0.15) is 5.76 Å². The van der Waals surface area contributed by atoms with Crippen LogP contribution < -0.4 is 4.72 Å². The summed E-state index contributed by atoms with van der Waals surface area (Å²) in [6.45, 7) is 4.83. The van der Waals surface area contributed by atoms with Crippen molar-refractivity contribution in [3.63, 3.8) is 0 Å². The quantitative estimate of drug-likeness (QED) is 0.861. The zero-order chi connectivity index (χ0) is 16.3. The lowest BCUT2D eigenvalue weighted by molar-refractivity contribution is -0.132. The molecule has 1 fully saturated rings. The molecular formula is C14H23N3O4S. The Labute approximate surface area is 131 Å². The smallest absolute Gasteiger partial charge is 0.222 e. The van der Waals surface area contributed by atoms with E-state index in [1.165, 1.54) is 0 Å². The second-order valence-electron chi connectivity index (χ2n) is 5.87. The Morgan fingerprint density at radius 3 is 2.77 bits per heavy atom. The maximum atomic E-state index is 12.3. The van der Waals surface area contributed by atoms with Crippen LogP contribution in [0.25, 0.3) is 0 Å². The Hall–Kier alpha value is -1.41. The van der Waals surface area contributed by atoms with Gasteiger partial charge in [0.25, 0.3) is 0 Å². The maximum Gasteiger partial charge on any atom is 0.222 e. The van der Waals surface area contributed by atoms with E-state index < -0.39 is 10.0 Å². The number of likely N-dealkylation sites (tertiary alicyclic amines) is 1. The molecule has 1 atom stereocenters. The lowest BCUT2D eigenvalue weighted by Crippen LogP contribution is -2.49. The molecule has 8 heteroatoms. The first-order chi connectivity index (χ1) is 10.3. The molecule has 1 aliphatic heterocycles. The van der Waals surface area contributed by atoms with Gasteiger partial charge in [-0.05, 0) is 33.1 Å². The molecule has 7 nitrogen and oxygen atoms in total. The van der Waals surface area contributed by atoms with E-state index in [1.807, 2.05) is 13.8 Å². The zero-order valence-electron chi connectivity index (χ0n) is 13.3. The van der Waals surface area contributed by atoms with Gasteiger partial charge in [-0.1, -0.05) is 5.16 Å². The first-order valence-corrected chi connectivity index (χ1v) is 9.32. The minimum absolute atomic E-state index is 0.0417. The Bertz CT molecular complexity index is 619. The summed E-state index contributed by atoms with van der Waals surface area (Å²) < 4.78 is 30.3. The Morgan fingerprint density at radius 2 is 2.18 bits per heavy atom. The first-order valence-electron chi connectivity index (χ1n) is 7.43. The second-order valence-corrected chi connectivity index (χ2v) is 7.65. The van der Waals surface area contributed by atoms with E-state index in [2.05, 4.69) is 9.88 Å². The molecule has 1 aliphatic rings. The summed E-state index contributed by atoms with van der Waals surface area (Å²) in [5, 5.41) is 3.88. The highest BCUT2D eigenvalue weighted by Gasteiger charge is 2.25. The molecule has 1 unspecified atom stereocenters. The van der Waals surface area contributed by atoms with Crippen molar-refractivity contribution in [3.05, 3.63) is 17.0 Å². The lowest BCUT2D eigenvalue weighted by atomic mass is 10.0. The molecule has 0 aromatic carbocycles. The standard InChI is InChI=1S/C14H23N3O4S/c1-10-13(11(2)21-15-10)6-7-14(18)17-8-4-5-12(9-17)16-22(3,19)20/h12,16H,4-9H2,1-3H3. The largest absolute Gasteiger partial charge is 0.361 e. The average molecular weight is 329 g/mol. The molecule has 0 radical (unpaired) electrons. The summed E-state index contributed by atoms with van der Waals surface area (Å²) in [6.07, 6.45) is 3.70. The predicted octanol–water partition coefficient (Wildman–Crippen LogP) is 0.764. The topological polar surface area (TPSA) is 92.5 Å². The molecular weight excluding hydrogens is 306 g/mol. The Balaban J connectivity index is 1.89. The van der Waals surface area contributed by atoms with Crippen LogP contribution in [-0.4, -0.2) is 49.8 Å². The maximum absolute atomic E-state index is 12.3. The molecule has 1 aromatic rings. The van der Waals surface area contributed by atoms with E-state index in [9.17, 15) is 13.2 Å². The van der Waals surface area contributed by atoms with E-state index in [0.29, 0.717) is 25.9 Å². The van der Waals surface area contributed by atoms with E-state index in [1.54, 1.807) is 4.90 Å². The first kappa shape index (κ1) is 17.0. The van der Waals surface area contributed by atoms with Crippen molar-refractivity contribution in [1.29, 1.82) is 0 Å². The minimum atomic E-state index is -3.24. The van der Waals surface area contributed by atoms with Crippen LogP contribution in [0.15, 0.2) is 4.52 Å². The number of nitrogens with one attached hydrogen (secondary N) is 1. The molecule has 1 amide bonds. The number of piperidine rings is 1. The van der Waals surface area contributed by atoms with Gasteiger partial charge in [-0.3, -0.25) is 4.79 Å². The van der Waals surface area contributed by atoms with Crippen LogP contribution in [0.1, 0.15) is 36.3 Å². The second kappa shape index (κ2) is 6.78. The summed E-state index contributed by atoms with van der Waals surface area (Å²) in [6, 6.07) is -0.188. The number of carbonyl (C=O) groups excluding carboxylic acids is 1. The van der Waals surface area contributed by atoms with Crippen LogP contribution in [-0.2, 0) is 21.2 Å². The Kier molecular flexibility index (Phi) is 5.23. The highest BCUT2D eigenvalue weighted by molar-refractivity contribution is 7.88.